The third-order valence-corrected chi connectivity index (χ3v) is 5.62. The van der Waals surface area contributed by atoms with Crippen molar-refractivity contribution in [2.45, 2.75) is 25.8 Å². The summed E-state index contributed by atoms with van der Waals surface area (Å²) in [4.78, 5) is 25.0. The van der Waals surface area contributed by atoms with E-state index < -0.39 is 5.78 Å². The van der Waals surface area contributed by atoms with Gasteiger partial charge in [-0.15, -0.1) is 5.10 Å². The van der Waals surface area contributed by atoms with Crippen LogP contribution >= 0.6 is 43.5 Å². The zero-order valence-electron chi connectivity index (χ0n) is 13.4. The molecule has 0 N–H and O–H groups in total. The number of aromatic nitrogens is 4. The van der Waals surface area contributed by atoms with Crippen molar-refractivity contribution in [2.24, 2.45) is 0 Å². The molecule has 0 radical (unpaired) electrons. The van der Waals surface area contributed by atoms with E-state index >= 15 is 0 Å². The molecule has 0 spiro atoms. The van der Waals surface area contributed by atoms with Gasteiger partial charge in [-0.25, -0.2) is 4.68 Å². The van der Waals surface area contributed by atoms with E-state index in [-0.39, 0.29) is 11.4 Å². The molecule has 0 saturated carbocycles. The fourth-order valence-corrected chi connectivity index (χ4v) is 4.23. The predicted octanol–water partition coefficient (Wildman–Crippen LogP) is 3.71. The van der Waals surface area contributed by atoms with Gasteiger partial charge in [0.2, 0.25) is 0 Å². The van der Waals surface area contributed by atoms with Crippen molar-refractivity contribution in [2.75, 3.05) is 6.61 Å². The average molecular weight is 505 g/mol. The molecular formula is C16H13Br2ClN4O3. The normalized spacial score (nSPS) is 14.7. The number of tetrazole rings is 1. The molecule has 0 fully saturated rings. The molecule has 1 aliphatic rings. The van der Waals surface area contributed by atoms with Crippen molar-refractivity contribution in [1.29, 1.82) is 0 Å². The first kappa shape index (κ1) is 19.2. The van der Waals surface area contributed by atoms with Gasteiger partial charge < -0.3 is 4.74 Å². The SMILES string of the molecule is O=C1CCCC(Cl)=C1C(=O)c1ccc(Br)c(OCCn2cnnn2)c1Br. The highest BCUT2D eigenvalue weighted by molar-refractivity contribution is 9.11. The molecule has 136 valence electrons. The van der Waals surface area contributed by atoms with Crippen LogP contribution in [0.15, 0.2) is 38.0 Å². The number of ether oxygens (including phenoxy) is 1. The van der Waals surface area contributed by atoms with Crippen molar-refractivity contribution in [3.63, 3.8) is 0 Å². The minimum Gasteiger partial charge on any atom is -0.489 e. The van der Waals surface area contributed by atoms with E-state index in [0.717, 1.165) is 0 Å². The van der Waals surface area contributed by atoms with Gasteiger partial charge in [-0.2, -0.15) is 0 Å². The zero-order chi connectivity index (χ0) is 18.7. The molecule has 1 aromatic carbocycles. The summed E-state index contributed by atoms with van der Waals surface area (Å²) in [5, 5.41) is 11.2. The first-order valence-corrected chi connectivity index (χ1v) is 9.73. The van der Waals surface area contributed by atoms with Gasteiger partial charge in [0.15, 0.2) is 11.6 Å². The largest absolute Gasteiger partial charge is 0.489 e. The Kier molecular flexibility index (Phi) is 6.20. The highest BCUT2D eigenvalue weighted by atomic mass is 79.9. The van der Waals surface area contributed by atoms with E-state index in [1.165, 1.54) is 11.0 Å². The number of ketones is 2. The Morgan fingerprint density at radius 3 is 2.81 bits per heavy atom. The molecule has 1 aromatic heterocycles. The number of carbonyl (C=O) groups is 2. The number of carbonyl (C=O) groups excluding carboxylic acids is 2. The van der Waals surface area contributed by atoms with Gasteiger partial charge in [0, 0.05) is 17.0 Å². The smallest absolute Gasteiger partial charge is 0.199 e. The second-order valence-electron chi connectivity index (χ2n) is 5.55. The number of halogens is 3. The quantitative estimate of drug-likeness (QED) is 0.440. The maximum Gasteiger partial charge on any atom is 0.199 e. The first-order chi connectivity index (χ1) is 12.5. The zero-order valence-corrected chi connectivity index (χ0v) is 17.3. The van der Waals surface area contributed by atoms with E-state index in [9.17, 15) is 9.59 Å². The molecule has 0 atom stereocenters. The lowest BCUT2D eigenvalue weighted by Crippen LogP contribution is -2.19. The third kappa shape index (κ3) is 4.05. The Labute approximate surface area is 171 Å². The lowest BCUT2D eigenvalue weighted by molar-refractivity contribution is -0.115. The topological polar surface area (TPSA) is 87.0 Å². The van der Waals surface area contributed by atoms with Crippen LogP contribution < -0.4 is 4.74 Å². The van der Waals surface area contributed by atoms with Crippen molar-refractivity contribution in [1.82, 2.24) is 20.2 Å². The highest BCUT2D eigenvalue weighted by Crippen LogP contribution is 2.38. The monoisotopic (exact) mass is 502 g/mol. The van der Waals surface area contributed by atoms with Gasteiger partial charge in [-0.05, 0) is 67.3 Å². The fraction of sp³-hybridized carbons (Fsp3) is 0.312. The Balaban J connectivity index is 1.84. The van der Waals surface area contributed by atoms with Crippen molar-refractivity contribution >= 4 is 55.0 Å². The third-order valence-electron chi connectivity index (χ3n) is 3.83. The lowest BCUT2D eigenvalue weighted by Gasteiger charge is -2.17. The van der Waals surface area contributed by atoms with Gasteiger partial charge in [0.1, 0.15) is 18.7 Å². The fourth-order valence-electron chi connectivity index (χ4n) is 2.55. The van der Waals surface area contributed by atoms with Crippen LogP contribution in [-0.4, -0.2) is 38.4 Å². The number of rotatable bonds is 6. The summed E-state index contributed by atoms with van der Waals surface area (Å²) in [6.45, 7) is 0.738. The minimum absolute atomic E-state index is 0.0700. The van der Waals surface area contributed by atoms with E-state index in [2.05, 4.69) is 47.4 Å². The molecule has 2 aromatic rings. The van der Waals surface area contributed by atoms with Crippen LogP contribution in [0.4, 0.5) is 0 Å². The molecule has 26 heavy (non-hydrogen) atoms. The molecule has 10 heteroatoms. The van der Waals surface area contributed by atoms with E-state index in [4.69, 9.17) is 16.3 Å². The summed E-state index contributed by atoms with van der Waals surface area (Å²) in [7, 11) is 0. The molecule has 1 heterocycles. The summed E-state index contributed by atoms with van der Waals surface area (Å²) in [5.74, 6) is -0.157. The Morgan fingerprint density at radius 2 is 2.12 bits per heavy atom. The van der Waals surface area contributed by atoms with Gasteiger partial charge in [-0.3, -0.25) is 9.59 Å². The second kappa shape index (κ2) is 8.41. The Hall–Kier alpha value is -1.58. The summed E-state index contributed by atoms with van der Waals surface area (Å²) in [6, 6.07) is 3.33. The molecule has 3 rings (SSSR count). The molecule has 7 nitrogen and oxygen atoms in total. The van der Waals surface area contributed by atoms with Crippen molar-refractivity contribution < 1.29 is 14.3 Å². The lowest BCUT2D eigenvalue weighted by atomic mass is 9.91. The summed E-state index contributed by atoms with van der Waals surface area (Å²) in [6.07, 6.45) is 3.02. The van der Waals surface area contributed by atoms with E-state index in [0.29, 0.717) is 57.7 Å². The number of allylic oxidation sites excluding steroid dienone is 2. The van der Waals surface area contributed by atoms with Crippen LogP contribution in [0, 0.1) is 0 Å². The van der Waals surface area contributed by atoms with Crippen molar-refractivity contribution in [3.05, 3.63) is 43.6 Å². The van der Waals surface area contributed by atoms with Crippen LogP contribution in [0.2, 0.25) is 0 Å². The molecular weight excluding hydrogens is 491 g/mol. The number of hydrogen-bond donors (Lipinski definition) is 0. The number of benzene rings is 1. The minimum atomic E-state index is -0.399. The predicted molar refractivity (Wildman–Crippen MR) is 101 cm³/mol. The van der Waals surface area contributed by atoms with Crippen molar-refractivity contribution in [3.8, 4) is 5.75 Å². The number of nitrogens with zero attached hydrogens (tertiary/aromatic N) is 4. The summed E-state index contributed by atoms with van der Waals surface area (Å²) >= 11 is 13.0. The van der Waals surface area contributed by atoms with Crippen LogP contribution in [0.25, 0.3) is 0 Å². The standard InChI is InChI=1S/C16H13Br2ClN4O3/c17-10-5-4-9(15(25)13-11(19)2-1-3-12(13)24)14(18)16(10)26-7-6-23-8-20-21-22-23/h4-5,8H,1-3,6-7H2. The maximum absolute atomic E-state index is 12.9. The first-order valence-electron chi connectivity index (χ1n) is 7.77. The summed E-state index contributed by atoms with van der Waals surface area (Å²) < 4.78 is 8.44. The maximum atomic E-state index is 12.9. The summed E-state index contributed by atoms with van der Waals surface area (Å²) in [5.41, 5.74) is 0.398. The Bertz CT molecular complexity index is 884. The van der Waals surface area contributed by atoms with Gasteiger partial charge in [0.05, 0.1) is 21.1 Å². The van der Waals surface area contributed by atoms with Crippen LogP contribution in [0.1, 0.15) is 29.6 Å². The molecule has 0 bridgehead atoms. The number of Topliss-reactive ketones (excluding diaryl/α,β-unsaturated/α-hetero) is 2. The second-order valence-corrected chi connectivity index (χ2v) is 7.65. The molecule has 0 saturated heterocycles. The Morgan fingerprint density at radius 1 is 1.31 bits per heavy atom. The van der Waals surface area contributed by atoms with E-state index in [1.54, 1.807) is 12.1 Å². The highest BCUT2D eigenvalue weighted by Gasteiger charge is 2.28. The van der Waals surface area contributed by atoms with Gasteiger partial charge in [0.25, 0.3) is 0 Å². The molecule has 0 aliphatic heterocycles. The van der Waals surface area contributed by atoms with Gasteiger partial charge in [-0.1, -0.05) is 11.6 Å². The molecule has 1 aliphatic carbocycles. The van der Waals surface area contributed by atoms with Gasteiger partial charge >= 0.3 is 0 Å². The average Bonchev–Trinajstić information content (AvgIpc) is 3.11. The van der Waals surface area contributed by atoms with Crippen LogP contribution in [-0.2, 0) is 11.3 Å². The van der Waals surface area contributed by atoms with Crippen LogP contribution in [0.3, 0.4) is 0 Å². The molecule has 0 amide bonds. The van der Waals surface area contributed by atoms with E-state index in [1.807, 2.05) is 0 Å². The van der Waals surface area contributed by atoms with Crippen LogP contribution in [0.5, 0.6) is 5.75 Å². The molecule has 0 unspecified atom stereocenters. The number of hydrogen-bond acceptors (Lipinski definition) is 6.